The van der Waals surface area contributed by atoms with E-state index in [0.717, 1.165) is 0 Å². The Morgan fingerprint density at radius 2 is 1.48 bits per heavy atom. The van der Waals surface area contributed by atoms with Crippen LogP contribution in [0.4, 0.5) is 5.69 Å². The number of carbonyl (C=O) groups is 2. The van der Waals surface area contributed by atoms with E-state index in [1.165, 1.54) is 18.2 Å². The van der Waals surface area contributed by atoms with Crippen LogP contribution in [0.2, 0.25) is 0 Å². The molecule has 0 heterocycles. The summed E-state index contributed by atoms with van der Waals surface area (Å²) in [4.78, 5) is 25.4. The number of phenols is 1. The van der Waals surface area contributed by atoms with Gasteiger partial charge >= 0.3 is 5.97 Å². The van der Waals surface area contributed by atoms with Crippen LogP contribution in [0.15, 0.2) is 42.5 Å². The highest BCUT2D eigenvalue weighted by Crippen LogP contribution is 2.31. The maximum Gasteiger partial charge on any atom is 0.336 e. The Bertz CT molecular complexity index is 707. The molecular weight excluding hydrogens is 270 g/mol. The van der Waals surface area contributed by atoms with Crippen molar-refractivity contribution in [3.63, 3.8) is 0 Å². The third-order valence-corrected chi connectivity index (χ3v) is 3.14. The van der Waals surface area contributed by atoms with Crippen LogP contribution in [-0.4, -0.2) is 36.1 Å². The number of carbonyl (C=O) groups excluding carboxylic acids is 1. The van der Waals surface area contributed by atoms with Crippen molar-refractivity contribution in [3.05, 3.63) is 59.2 Å². The molecule has 0 spiro atoms. The highest BCUT2D eigenvalue weighted by atomic mass is 16.4. The molecule has 0 saturated carbocycles. The van der Waals surface area contributed by atoms with Gasteiger partial charge in [0.15, 0.2) is 5.78 Å². The molecule has 21 heavy (non-hydrogen) atoms. The number of hydrogen-bond acceptors (Lipinski definition) is 4. The highest BCUT2D eigenvalue weighted by Gasteiger charge is 2.21. The van der Waals surface area contributed by atoms with Gasteiger partial charge in [-0.05, 0) is 18.2 Å². The summed E-state index contributed by atoms with van der Waals surface area (Å²) in [7, 11) is 3.49. The summed E-state index contributed by atoms with van der Waals surface area (Å²) < 4.78 is 0. The monoisotopic (exact) mass is 285 g/mol. The van der Waals surface area contributed by atoms with Gasteiger partial charge in [-0.1, -0.05) is 24.3 Å². The number of rotatable bonds is 4. The van der Waals surface area contributed by atoms with Crippen LogP contribution in [0.3, 0.4) is 0 Å². The second-order valence-corrected chi connectivity index (χ2v) is 4.75. The number of benzene rings is 2. The average molecular weight is 285 g/mol. The highest BCUT2D eigenvalue weighted by molar-refractivity contribution is 6.16. The van der Waals surface area contributed by atoms with Crippen LogP contribution >= 0.6 is 0 Å². The summed E-state index contributed by atoms with van der Waals surface area (Å²) in [6, 6.07) is 10.7. The minimum atomic E-state index is -1.18. The van der Waals surface area contributed by atoms with E-state index in [4.69, 9.17) is 5.11 Å². The Labute approximate surface area is 122 Å². The van der Waals surface area contributed by atoms with Crippen LogP contribution in [-0.2, 0) is 0 Å². The number of ketones is 1. The standard InChI is InChI=1S/C16H15NO4/c1-17(2)13-9-5-8-12(15(13)19)14(18)10-6-3-4-7-11(10)16(20)21/h3-9,19H,1-2H3,(H,20,21). The lowest BCUT2D eigenvalue weighted by Gasteiger charge is -2.16. The average Bonchev–Trinajstić information content (AvgIpc) is 2.46. The van der Waals surface area contributed by atoms with Crippen molar-refractivity contribution < 1.29 is 19.8 Å². The summed E-state index contributed by atoms with van der Waals surface area (Å²) in [5, 5.41) is 19.4. The van der Waals surface area contributed by atoms with Crippen LogP contribution in [0.1, 0.15) is 26.3 Å². The van der Waals surface area contributed by atoms with E-state index in [-0.39, 0.29) is 22.4 Å². The maximum absolute atomic E-state index is 12.5. The van der Waals surface area contributed by atoms with Gasteiger partial charge in [0.1, 0.15) is 5.75 Å². The van der Waals surface area contributed by atoms with Crippen LogP contribution in [0, 0.1) is 0 Å². The number of aromatic carboxylic acids is 1. The van der Waals surface area contributed by atoms with Gasteiger partial charge in [-0.3, -0.25) is 4.79 Å². The first-order chi connectivity index (χ1) is 9.93. The topological polar surface area (TPSA) is 77.8 Å². The molecule has 0 aliphatic carbocycles. The van der Waals surface area contributed by atoms with E-state index in [1.54, 1.807) is 43.3 Å². The summed E-state index contributed by atoms with van der Waals surface area (Å²) in [6.45, 7) is 0. The Hall–Kier alpha value is -2.82. The van der Waals surface area contributed by atoms with Gasteiger partial charge < -0.3 is 15.1 Å². The fourth-order valence-corrected chi connectivity index (χ4v) is 2.09. The summed E-state index contributed by atoms with van der Waals surface area (Å²) in [6.07, 6.45) is 0. The summed E-state index contributed by atoms with van der Waals surface area (Å²) in [5.74, 6) is -1.86. The summed E-state index contributed by atoms with van der Waals surface area (Å²) in [5.41, 5.74) is 0.539. The van der Waals surface area contributed by atoms with Gasteiger partial charge in [0.05, 0.1) is 16.8 Å². The minimum Gasteiger partial charge on any atom is -0.505 e. The van der Waals surface area contributed by atoms with E-state index in [1.807, 2.05) is 0 Å². The fourth-order valence-electron chi connectivity index (χ4n) is 2.09. The van der Waals surface area contributed by atoms with Crippen molar-refractivity contribution in [1.82, 2.24) is 0 Å². The van der Waals surface area contributed by atoms with Crippen molar-refractivity contribution in [2.75, 3.05) is 19.0 Å². The van der Waals surface area contributed by atoms with Crippen molar-refractivity contribution in [3.8, 4) is 5.75 Å². The van der Waals surface area contributed by atoms with Gasteiger partial charge in [0, 0.05) is 19.7 Å². The number of carboxylic acids is 1. The van der Waals surface area contributed by atoms with Gasteiger partial charge in [-0.25, -0.2) is 4.79 Å². The molecule has 0 aromatic heterocycles. The number of phenolic OH excluding ortho intramolecular Hbond substituents is 1. The van der Waals surface area contributed by atoms with Gasteiger partial charge in [0.2, 0.25) is 0 Å². The van der Waals surface area contributed by atoms with Crippen LogP contribution < -0.4 is 4.90 Å². The van der Waals surface area contributed by atoms with E-state index in [2.05, 4.69) is 0 Å². The van der Waals surface area contributed by atoms with E-state index in [9.17, 15) is 14.7 Å². The third-order valence-electron chi connectivity index (χ3n) is 3.14. The Morgan fingerprint density at radius 3 is 2.05 bits per heavy atom. The number of aromatic hydroxyl groups is 1. The molecule has 2 N–H and O–H groups in total. The molecule has 0 radical (unpaired) electrons. The molecule has 0 amide bonds. The molecule has 2 aromatic rings. The quantitative estimate of drug-likeness (QED) is 0.843. The molecular formula is C16H15NO4. The number of carboxylic acid groups (broad SMARTS) is 1. The minimum absolute atomic E-state index is 0.0520. The maximum atomic E-state index is 12.5. The zero-order valence-electron chi connectivity index (χ0n) is 11.7. The van der Waals surface area contributed by atoms with E-state index < -0.39 is 11.8 Å². The molecule has 0 fully saturated rings. The second kappa shape index (κ2) is 5.66. The lowest BCUT2D eigenvalue weighted by atomic mass is 9.97. The van der Waals surface area contributed by atoms with Crippen molar-refractivity contribution >= 4 is 17.4 Å². The first kappa shape index (κ1) is 14.6. The first-order valence-corrected chi connectivity index (χ1v) is 6.29. The van der Waals surface area contributed by atoms with Crippen molar-refractivity contribution in [1.29, 1.82) is 0 Å². The predicted octanol–water partition coefficient (Wildman–Crippen LogP) is 2.39. The number of nitrogens with zero attached hydrogens (tertiary/aromatic N) is 1. The Morgan fingerprint density at radius 1 is 0.905 bits per heavy atom. The molecule has 5 nitrogen and oxygen atoms in total. The molecule has 0 atom stereocenters. The fraction of sp³-hybridized carbons (Fsp3) is 0.125. The zero-order chi connectivity index (χ0) is 15.6. The number of para-hydroxylation sites is 1. The number of hydrogen-bond donors (Lipinski definition) is 2. The molecule has 5 heteroatoms. The lowest BCUT2D eigenvalue weighted by molar-refractivity contribution is 0.0692. The van der Waals surface area contributed by atoms with Gasteiger partial charge in [-0.2, -0.15) is 0 Å². The second-order valence-electron chi connectivity index (χ2n) is 4.75. The molecule has 0 saturated heterocycles. The van der Waals surface area contributed by atoms with Crippen molar-refractivity contribution in [2.24, 2.45) is 0 Å². The molecule has 0 unspecified atom stereocenters. The predicted molar refractivity (Wildman–Crippen MR) is 79.3 cm³/mol. The largest absolute Gasteiger partial charge is 0.505 e. The Kier molecular flexibility index (Phi) is 3.93. The van der Waals surface area contributed by atoms with Crippen LogP contribution in [0.5, 0.6) is 5.75 Å². The van der Waals surface area contributed by atoms with E-state index >= 15 is 0 Å². The van der Waals surface area contributed by atoms with Crippen molar-refractivity contribution in [2.45, 2.75) is 0 Å². The normalized spacial score (nSPS) is 10.2. The molecule has 0 aliphatic rings. The Balaban J connectivity index is 2.56. The zero-order valence-corrected chi connectivity index (χ0v) is 11.7. The molecule has 2 rings (SSSR count). The van der Waals surface area contributed by atoms with E-state index in [0.29, 0.717) is 5.69 Å². The smallest absolute Gasteiger partial charge is 0.336 e. The lowest BCUT2D eigenvalue weighted by Crippen LogP contribution is -2.12. The van der Waals surface area contributed by atoms with Gasteiger partial charge in [-0.15, -0.1) is 0 Å². The molecule has 108 valence electrons. The molecule has 0 aliphatic heterocycles. The molecule has 2 aromatic carbocycles. The third kappa shape index (κ3) is 2.72. The first-order valence-electron chi connectivity index (χ1n) is 6.29. The van der Waals surface area contributed by atoms with Crippen LogP contribution in [0.25, 0.3) is 0 Å². The summed E-state index contributed by atoms with van der Waals surface area (Å²) >= 11 is 0. The number of anilines is 1. The van der Waals surface area contributed by atoms with Gasteiger partial charge in [0.25, 0.3) is 0 Å². The molecule has 0 bridgehead atoms. The SMILES string of the molecule is CN(C)c1cccc(C(=O)c2ccccc2C(=O)O)c1O.